The first kappa shape index (κ1) is 20.0. The maximum Gasteiger partial charge on any atom is 0.277 e. The van der Waals surface area contributed by atoms with Crippen molar-refractivity contribution in [3.8, 4) is 10.8 Å². The predicted octanol–water partition coefficient (Wildman–Crippen LogP) is 5.20. The van der Waals surface area contributed by atoms with Gasteiger partial charge in [0.25, 0.3) is 11.1 Å². The molecule has 0 spiro atoms. The summed E-state index contributed by atoms with van der Waals surface area (Å²) in [6.07, 6.45) is 9.59. The maximum absolute atomic E-state index is 12.7. The third-order valence-corrected chi connectivity index (χ3v) is 7.97. The second kappa shape index (κ2) is 8.99. The molecule has 1 saturated carbocycles. The van der Waals surface area contributed by atoms with Crippen LogP contribution in [-0.2, 0) is 17.6 Å². The summed E-state index contributed by atoms with van der Waals surface area (Å²) in [4.78, 5) is 17.3. The third-order valence-electron chi connectivity index (χ3n) is 5.94. The Morgan fingerprint density at radius 2 is 2.11 bits per heavy atom. The van der Waals surface area contributed by atoms with E-state index in [2.05, 4.69) is 30.1 Å². The molecule has 0 aliphatic heterocycles. The summed E-state index contributed by atoms with van der Waals surface area (Å²) in [5, 5.41) is 8.88. The molecule has 2 heterocycles. The van der Waals surface area contributed by atoms with Crippen LogP contribution in [0.25, 0.3) is 10.8 Å². The first-order valence-corrected chi connectivity index (χ1v) is 12.3. The molecule has 28 heavy (non-hydrogen) atoms. The van der Waals surface area contributed by atoms with Crippen molar-refractivity contribution in [1.82, 2.24) is 15.1 Å². The number of hydrogen-bond acceptors (Lipinski definition) is 6. The van der Waals surface area contributed by atoms with Crippen LogP contribution < -0.4 is 0 Å². The Balaban J connectivity index is 1.36. The minimum Gasteiger partial charge on any atom is -0.410 e. The third kappa shape index (κ3) is 4.46. The molecule has 1 atom stereocenters. The molecular weight excluding hydrogens is 390 g/mol. The molecule has 0 unspecified atom stereocenters. The molecule has 7 heteroatoms. The van der Waals surface area contributed by atoms with Gasteiger partial charge in [-0.05, 0) is 56.6 Å². The number of carbonyl (C=O) groups excluding carboxylic acids is 1. The van der Waals surface area contributed by atoms with Gasteiger partial charge in [0, 0.05) is 17.5 Å². The van der Waals surface area contributed by atoms with Gasteiger partial charge in [-0.2, -0.15) is 0 Å². The second-order valence-electron chi connectivity index (χ2n) is 8.04. The van der Waals surface area contributed by atoms with Crippen LogP contribution in [0.15, 0.2) is 15.7 Å². The number of rotatable bonds is 6. The Hall–Kier alpha value is -1.34. The van der Waals surface area contributed by atoms with Gasteiger partial charge in [0.05, 0.1) is 10.6 Å². The highest BCUT2D eigenvalue weighted by molar-refractivity contribution is 7.99. The van der Waals surface area contributed by atoms with Crippen molar-refractivity contribution in [3.05, 3.63) is 16.5 Å². The number of hydrogen-bond donors (Lipinski definition) is 0. The second-order valence-corrected chi connectivity index (χ2v) is 10.1. The number of thiophene rings is 1. The summed E-state index contributed by atoms with van der Waals surface area (Å²) in [5.74, 6) is 1.88. The number of nitrogens with zero attached hydrogens (tertiary/aromatic N) is 3. The fourth-order valence-electron chi connectivity index (χ4n) is 4.42. The molecule has 0 N–H and O–H groups in total. The lowest BCUT2D eigenvalue weighted by Crippen LogP contribution is -2.42. The highest BCUT2D eigenvalue weighted by atomic mass is 32.2. The van der Waals surface area contributed by atoms with Crippen LogP contribution in [0.2, 0.25) is 0 Å². The van der Waals surface area contributed by atoms with E-state index in [1.54, 1.807) is 11.3 Å². The largest absolute Gasteiger partial charge is 0.410 e. The van der Waals surface area contributed by atoms with Crippen LogP contribution >= 0.6 is 23.1 Å². The molecule has 5 nitrogen and oxygen atoms in total. The van der Waals surface area contributed by atoms with Gasteiger partial charge in [-0.25, -0.2) is 0 Å². The smallest absolute Gasteiger partial charge is 0.277 e. The molecule has 2 aliphatic rings. The molecule has 4 rings (SSSR count). The van der Waals surface area contributed by atoms with Crippen molar-refractivity contribution in [1.29, 1.82) is 0 Å². The van der Waals surface area contributed by atoms with E-state index in [1.807, 2.05) is 4.90 Å². The summed E-state index contributed by atoms with van der Waals surface area (Å²) >= 11 is 3.13. The predicted molar refractivity (Wildman–Crippen MR) is 114 cm³/mol. The number of aromatic nitrogens is 2. The van der Waals surface area contributed by atoms with Crippen molar-refractivity contribution in [2.24, 2.45) is 5.92 Å². The van der Waals surface area contributed by atoms with Crippen LogP contribution in [0.3, 0.4) is 0 Å². The van der Waals surface area contributed by atoms with Gasteiger partial charge in [0.2, 0.25) is 5.91 Å². The van der Waals surface area contributed by atoms with Gasteiger partial charge in [0.1, 0.15) is 0 Å². The van der Waals surface area contributed by atoms with Gasteiger partial charge in [-0.1, -0.05) is 37.9 Å². The SMILES string of the molecule is CCN(C(=O)CSc1nnc(-c2cc3c(s2)CC[C@H](C)C3)o1)C1CCCCC1. The van der Waals surface area contributed by atoms with E-state index in [-0.39, 0.29) is 5.91 Å². The summed E-state index contributed by atoms with van der Waals surface area (Å²) < 4.78 is 5.86. The van der Waals surface area contributed by atoms with Crippen molar-refractivity contribution in [3.63, 3.8) is 0 Å². The zero-order chi connectivity index (χ0) is 19.5. The van der Waals surface area contributed by atoms with Crippen molar-refractivity contribution in [2.45, 2.75) is 76.5 Å². The molecule has 2 aromatic heterocycles. The quantitative estimate of drug-likeness (QED) is 0.603. The monoisotopic (exact) mass is 419 g/mol. The number of carbonyl (C=O) groups is 1. The normalized spacial score (nSPS) is 20.1. The number of thioether (sulfide) groups is 1. The highest BCUT2D eigenvalue weighted by Crippen LogP contribution is 2.37. The molecule has 1 amide bonds. The van der Waals surface area contributed by atoms with Gasteiger partial charge < -0.3 is 9.32 Å². The van der Waals surface area contributed by atoms with E-state index in [1.165, 1.54) is 47.9 Å². The van der Waals surface area contributed by atoms with E-state index >= 15 is 0 Å². The van der Waals surface area contributed by atoms with Gasteiger partial charge in [-0.15, -0.1) is 21.5 Å². The van der Waals surface area contributed by atoms with Crippen LogP contribution in [0.4, 0.5) is 0 Å². The van der Waals surface area contributed by atoms with Crippen LogP contribution in [0.1, 0.15) is 62.8 Å². The average Bonchev–Trinajstić information content (AvgIpc) is 3.34. The zero-order valence-electron chi connectivity index (χ0n) is 16.8. The number of fused-ring (bicyclic) bond motifs is 1. The molecule has 1 fully saturated rings. The van der Waals surface area contributed by atoms with E-state index in [0.717, 1.165) is 43.0 Å². The number of aryl methyl sites for hydroxylation is 1. The molecular formula is C21H29N3O2S2. The first-order valence-electron chi connectivity index (χ1n) is 10.5. The van der Waals surface area contributed by atoms with Gasteiger partial charge >= 0.3 is 0 Å². The van der Waals surface area contributed by atoms with Gasteiger partial charge in [0.15, 0.2) is 0 Å². The van der Waals surface area contributed by atoms with Crippen molar-refractivity contribution < 1.29 is 9.21 Å². The fraction of sp³-hybridized carbons (Fsp3) is 0.667. The van der Waals surface area contributed by atoms with E-state index in [9.17, 15) is 4.79 Å². The van der Waals surface area contributed by atoms with Crippen molar-refractivity contribution >= 4 is 29.0 Å². The Labute approximate surface area is 175 Å². The lowest BCUT2D eigenvalue weighted by molar-refractivity contribution is -0.131. The summed E-state index contributed by atoms with van der Waals surface area (Å²) in [7, 11) is 0. The Kier molecular flexibility index (Phi) is 6.41. The molecule has 0 saturated heterocycles. The molecule has 0 radical (unpaired) electrons. The molecule has 0 bridgehead atoms. The first-order chi connectivity index (χ1) is 13.6. The van der Waals surface area contributed by atoms with E-state index in [4.69, 9.17) is 4.42 Å². The summed E-state index contributed by atoms with van der Waals surface area (Å²) in [6.45, 7) is 5.16. The highest BCUT2D eigenvalue weighted by Gasteiger charge is 2.25. The van der Waals surface area contributed by atoms with Gasteiger partial charge in [-0.3, -0.25) is 4.79 Å². The minimum absolute atomic E-state index is 0.180. The van der Waals surface area contributed by atoms with E-state index in [0.29, 0.717) is 22.9 Å². The molecule has 2 aromatic rings. The lowest BCUT2D eigenvalue weighted by atomic mass is 9.90. The van der Waals surface area contributed by atoms with E-state index < -0.39 is 0 Å². The van der Waals surface area contributed by atoms with Crippen molar-refractivity contribution in [2.75, 3.05) is 12.3 Å². The zero-order valence-corrected chi connectivity index (χ0v) is 18.4. The topological polar surface area (TPSA) is 59.2 Å². The summed E-state index contributed by atoms with van der Waals surface area (Å²) in [6, 6.07) is 2.62. The Morgan fingerprint density at radius 1 is 1.29 bits per heavy atom. The number of amides is 1. The van der Waals surface area contributed by atoms with Crippen LogP contribution in [0.5, 0.6) is 0 Å². The maximum atomic E-state index is 12.7. The fourth-order valence-corrected chi connectivity index (χ4v) is 6.20. The van der Waals surface area contributed by atoms with Crippen LogP contribution in [0, 0.1) is 5.92 Å². The molecule has 0 aromatic carbocycles. The standard InChI is InChI=1S/C21H29N3O2S2/c1-3-24(16-7-5-4-6-8-16)19(25)13-27-21-23-22-20(26-21)18-12-15-11-14(2)9-10-17(15)28-18/h12,14,16H,3-11,13H2,1-2H3/t14-/m0/s1. The van der Waals surface area contributed by atoms with Crippen LogP contribution in [-0.4, -0.2) is 39.3 Å². The average molecular weight is 420 g/mol. The minimum atomic E-state index is 0.180. The molecule has 2 aliphatic carbocycles. The molecule has 152 valence electrons. The Morgan fingerprint density at radius 3 is 2.89 bits per heavy atom. The summed E-state index contributed by atoms with van der Waals surface area (Å²) in [5.41, 5.74) is 1.44. The Bertz CT molecular complexity index is 810. The lowest BCUT2D eigenvalue weighted by Gasteiger charge is -2.33.